The number of carbonyl (C=O) groups excluding carboxylic acids is 2. The Hall–Kier alpha value is -4.58. The molecule has 0 aliphatic rings. The molecule has 0 aromatic heterocycles. The predicted molar refractivity (Wildman–Crippen MR) is 141 cm³/mol. The van der Waals surface area contributed by atoms with Crippen LogP contribution >= 0.6 is 15.9 Å². The molecule has 0 radical (unpaired) electrons. The van der Waals surface area contributed by atoms with E-state index in [0.29, 0.717) is 5.56 Å². The number of carbonyl (C=O) groups is 2. The van der Waals surface area contributed by atoms with Crippen LogP contribution in [0.2, 0.25) is 0 Å². The van der Waals surface area contributed by atoms with Gasteiger partial charge in [0.15, 0.2) is 0 Å². The Bertz CT molecular complexity index is 1410. The second-order valence-corrected chi connectivity index (χ2v) is 8.68. The molecule has 3 aromatic rings. The van der Waals surface area contributed by atoms with E-state index >= 15 is 0 Å². The Morgan fingerprint density at radius 1 is 1.14 bits per heavy atom. The molecule has 0 heterocycles. The highest BCUT2D eigenvalue weighted by Crippen LogP contribution is 2.31. The van der Waals surface area contributed by atoms with Gasteiger partial charge < -0.3 is 15.3 Å². The van der Waals surface area contributed by atoms with Crippen LogP contribution in [0, 0.1) is 15.9 Å². The number of halogens is 2. The molecule has 37 heavy (non-hydrogen) atoms. The number of benzene rings is 3. The molecule has 0 atom stereocenters. The molecule has 0 aliphatic carbocycles. The van der Waals surface area contributed by atoms with Crippen molar-refractivity contribution in [2.24, 2.45) is 5.10 Å². The number of aromatic hydroxyl groups is 1. The van der Waals surface area contributed by atoms with Crippen molar-refractivity contribution in [3.8, 4) is 5.75 Å². The van der Waals surface area contributed by atoms with Gasteiger partial charge in [-0.25, -0.2) is 9.82 Å². The van der Waals surface area contributed by atoms with Gasteiger partial charge in [0.2, 0.25) is 0 Å². The second-order valence-electron chi connectivity index (χ2n) is 7.83. The minimum atomic E-state index is -0.832. The summed E-state index contributed by atoms with van der Waals surface area (Å²) in [4.78, 5) is 37.9. The molecule has 0 unspecified atom stereocenters. The molecule has 10 nitrogen and oxygen atoms in total. The van der Waals surface area contributed by atoms with Crippen LogP contribution in [0.15, 0.2) is 75.9 Å². The third-order valence-electron chi connectivity index (χ3n) is 4.96. The maximum Gasteiger partial charge on any atom is 0.287 e. The van der Waals surface area contributed by atoms with Crippen LogP contribution in [0.3, 0.4) is 0 Å². The summed E-state index contributed by atoms with van der Waals surface area (Å²) in [7, 11) is 3.75. The number of rotatable bonds is 8. The highest BCUT2D eigenvalue weighted by Gasteiger charge is 2.16. The number of non-ortho nitro benzene ring substituents is 1. The van der Waals surface area contributed by atoms with Crippen molar-refractivity contribution < 1.29 is 24.0 Å². The Morgan fingerprint density at radius 2 is 1.84 bits per heavy atom. The molecule has 3 N–H and O–H groups in total. The van der Waals surface area contributed by atoms with Gasteiger partial charge in [0, 0.05) is 43.0 Å². The predicted octanol–water partition coefficient (Wildman–Crippen LogP) is 4.19. The normalized spacial score (nSPS) is 11.3. The number of hydrogen-bond donors (Lipinski definition) is 3. The fraction of sp³-hybridized carbons (Fsp3) is 0.0800. The van der Waals surface area contributed by atoms with Gasteiger partial charge in [0.05, 0.1) is 15.6 Å². The molecule has 0 saturated heterocycles. The molecule has 3 aromatic carbocycles. The van der Waals surface area contributed by atoms with E-state index in [2.05, 4.69) is 31.8 Å². The Labute approximate surface area is 219 Å². The number of anilines is 1. The van der Waals surface area contributed by atoms with Crippen molar-refractivity contribution in [3.63, 3.8) is 0 Å². The first-order valence-electron chi connectivity index (χ1n) is 10.6. The lowest BCUT2D eigenvalue weighted by molar-refractivity contribution is -0.385. The minimum absolute atomic E-state index is 0.00322. The first-order chi connectivity index (χ1) is 17.5. The fourth-order valence-corrected chi connectivity index (χ4v) is 3.51. The molecular formula is C25H21BrFN5O5. The fourth-order valence-electron chi connectivity index (χ4n) is 3.05. The number of hydrogen-bond acceptors (Lipinski definition) is 7. The van der Waals surface area contributed by atoms with Gasteiger partial charge in [-0.15, -0.1) is 0 Å². The highest BCUT2D eigenvalue weighted by molar-refractivity contribution is 9.10. The topological polar surface area (TPSA) is 137 Å². The van der Waals surface area contributed by atoms with Crippen LogP contribution in [0.25, 0.3) is 6.08 Å². The van der Waals surface area contributed by atoms with Crippen LogP contribution in [0.1, 0.15) is 21.5 Å². The zero-order chi connectivity index (χ0) is 27.1. The molecule has 0 aliphatic heterocycles. The number of nitro groups is 1. The lowest BCUT2D eigenvalue weighted by Gasteiger charge is -2.13. The average Bonchev–Trinajstić information content (AvgIpc) is 2.86. The summed E-state index contributed by atoms with van der Waals surface area (Å²) in [6.07, 6.45) is 2.42. The van der Waals surface area contributed by atoms with E-state index in [0.717, 1.165) is 30.1 Å². The lowest BCUT2D eigenvalue weighted by Crippen LogP contribution is -2.32. The van der Waals surface area contributed by atoms with Crippen LogP contribution < -0.4 is 15.6 Å². The smallest absolute Gasteiger partial charge is 0.287 e. The van der Waals surface area contributed by atoms with E-state index in [4.69, 9.17) is 0 Å². The van der Waals surface area contributed by atoms with E-state index < -0.39 is 22.6 Å². The van der Waals surface area contributed by atoms with Gasteiger partial charge in [-0.05, 0) is 57.9 Å². The second kappa shape index (κ2) is 11.9. The summed E-state index contributed by atoms with van der Waals surface area (Å²) >= 11 is 3.02. The molecule has 2 amide bonds. The monoisotopic (exact) mass is 569 g/mol. The number of phenolic OH excluding ortho intramolecular Hbond substituents is 1. The standard InChI is InChI=1S/C25H21BrFN5O5/c1-31(2)19-8-6-15(7-9-19)10-22(29-24(34)16-4-3-5-18(27)11-16)25(35)30-28-14-17-12-20(32(36)37)13-21(26)23(17)33/h3-14,33H,1-2H3,(H,29,34)(H,30,35)/b22-10-,28-14-. The molecule has 12 heteroatoms. The van der Waals surface area contributed by atoms with Crippen molar-refractivity contribution in [3.05, 3.63) is 103 Å². The average molecular weight is 570 g/mol. The number of amides is 2. The van der Waals surface area contributed by atoms with Crippen molar-refractivity contribution in [1.82, 2.24) is 10.7 Å². The minimum Gasteiger partial charge on any atom is -0.506 e. The highest BCUT2D eigenvalue weighted by atomic mass is 79.9. The zero-order valence-electron chi connectivity index (χ0n) is 19.6. The summed E-state index contributed by atoms with van der Waals surface area (Å²) < 4.78 is 13.6. The molecule has 190 valence electrons. The van der Waals surface area contributed by atoms with Crippen LogP contribution in [0.4, 0.5) is 15.8 Å². The molecule has 0 saturated carbocycles. The van der Waals surface area contributed by atoms with E-state index in [-0.39, 0.29) is 32.7 Å². The summed E-state index contributed by atoms with van der Waals surface area (Å²) in [5, 5.41) is 27.4. The van der Waals surface area contributed by atoms with Crippen molar-refractivity contribution in [2.75, 3.05) is 19.0 Å². The van der Waals surface area contributed by atoms with Crippen LogP contribution in [-0.4, -0.2) is 42.2 Å². The molecule has 3 rings (SSSR count). The van der Waals surface area contributed by atoms with E-state index in [9.17, 15) is 29.2 Å². The van der Waals surface area contributed by atoms with Gasteiger partial charge in [0.25, 0.3) is 17.5 Å². The number of hydrazone groups is 1. The summed E-state index contributed by atoms with van der Waals surface area (Å²) in [6, 6.07) is 14.3. The number of phenols is 1. The summed E-state index contributed by atoms with van der Waals surface area (Å²) in [5.74, 6) is -2.49. The summed E-state index contributed by atoms with van der Waals surface area (Å²) in [5.41, 5.74) is 3.17. The molecule has 0 bridgehead atoms. The van der Waals surface area contributed by atoms with Gasteiger partial charge in [-0.3, -0.25) is 19.7 Å². The van der Waals surface area contributed by atoms with E-state index in [1.807, 2.05) is 31.1 Å². The third kappa shape index (κ3) is 7.21. The Balaban J connectivity index is 1.88. The van der Waals surface area contributed by atoms with E-state index in [1.54, 1.807) is 12.1 Å². The van der Waals surface area contributed by atoms with Gasteiger partial charge in [-0.1, -0.05) is 18.2 Å². The maximum atomic E-state index is 13.6. The first-order valence-corrected chi connectivity index (χ1v) is 11.4. The Kier molecular flexibility index (Phi) is 8.69. The largest absolute Gasteiger partial charge is 0.506 e. The zero-order valence-corrected chi connectivity index (χ0v) is 21.2. The van der Waals surface area contributed by atoms with E-state index in [1.165, 1.54) is 24.3 Å². The van der Waals surface area contributed by atoms with Crippen LogP contribution in [0.5, 0.6) is 5.75 Å². The number of nitrogens with one attached hydrogen (secondary N) is 2. The lowest BCUT2D eigenvalue weighted by atomic mass is 10.1. The van der Waals surface area contributed by atoms with Gasteiger partial charge in [-0.2, -0.15) is 5.10 Å². The van der Waals surface area contributed by atoms with Crippen molar-refractivity contribution >= 4 is 51.4 Å². The quantitative estimate of drug-likeness (QED) is 0.161. The summed E-state index contributed by atoms with van der Waals surface area (Å²) in [6.45, 7) is 0. The number of nitrogens with zero attached hydrogens (tertiary/aromatic N) is 3. The maximum absolute atomic E-state index is 13.6. The van der Waals surface area contributed by atoms with Crippen molar-refractivity contribution in [1.29, 1.82) is 0 Å². The Morgan fingerprint density at radius 3 is 2.46 bits per heavy atom. The van der Waals surface area contributed by atoms with Gasteiger partial charge >= 0.3 is 0 Å². The molecule has 0 spiro atoms. The van der Waals surface area contributed by atoms with Crippen molar-refractivity contribution in [2.45, 2.75) is 0 Å². The van der Waals surface area contributed by atoms with Gasteiger partial charge in [0.1, 0.15) is 17.3 Å². The molecule has 0 fully saturated rings. The van der Waals surface area contributed by atoms with Crippen LogP contribution in [-0.2, 0) is 4.79 Å². The third-order valence-corrected chi connectivity index (χ3v) is 5.56. The molecular weight excluding hydrogens is 549 g/mol. The first kappa shape index (κ1) is 27.0. The number of nitro benzene ring substituents is 1. The SMILES string of the molecule is CN(C)c1ccc(/C=C(\NC(=O)c2cccc(F)c2)C(=O)N/N=C\c2cc([N+](=O)[O-])cc(Br)c2O)cc1.